The largest absolute Gasteiger partial charge is 0.497 e. The van der Waals surface area contributed by atoms with Gasteiger partial charge in [0.25, 0.3) is 0 Å². The van der Waals surface area contributed by atoms with Crippen molar-refractivity contribution in [2.24, 2.45) is 5.92 Å². The fourth-order valence-electron chi connectivity index (χ4n) is 2.93. The Balaban J connectivity index is 2.02. The van der Waals surface area contributed by atoms with Crippen LogP contribution in [0, 0.1) is 5.92 Å². The van der Waals surface area contributed by atoms with Crippen LogP contribution in [0.25, 0.3) is 0 Å². The number of carbonyl (C=O) groups is 1. The van der Waals surface area contributed by atoms with Gasteiger partial charge in [0.15, 0.2) is 0 Å². The molecule has 0 saturated carbocycles. The molecule has 0 aromatic heterocycles. The van der Waals surface area contributed by atoms with E-state index in [9.17, 15) is 9.90 Å². The van der Waals surface area contributed by atoms with Crippen LogP contribution in [0.2, 0.25) is 0 Å². The Morgan fingerprint density at radius 3 is 2.44 bits per heavy atom. The molecule has 0 aliphatic rings. The number of carbonyl (C=O) groups excluding carboxylic acids is 1. The summed E-state index contributed by atoms with van der Waals surface area (Å²) in [6.45, 7) is 3.79. The molecule has 0 aliphatic carbocycles. The molecule has 25 heavy (non-hydrogen) atoms. The standard InChI is InChI=1S/C21H27NO3/c1-15(13-17-9-8-12-19(14-17)25-4)21(24)22(3)16(2)20(23)18-10-6-5-7-11-18/h5-12,14-16,20,23H,13H2,1-4H3/t15-,16+,20-/m0/s1. The van der Waals surface area contributed by atoms with Crippen LogP contribution in [-0.2, 0) is 11.2 Å². The van der Waals surface area contributed by atoms with Crippen LogP contribution in [0.15, 0.2) is 54.6 Å². The van der Waals surface area contributed by atoms with E-state index in [2.05, 4.69) is 0 Å². The zero-order valence-corrected chi connectivity index (χ0v) is 15.3. The Kier molecular flexibility index (Phi) is 6.59. The molecule has 0 unspecified atom stereocenters. The normalized spacial score (nSPS) is 14.4. The molecule has 2 aromatic rings. The monoisotopic (exact) mass is 341 g/mol. The van der Waals surface area contributed by atoms with Crippen molar-refractivity contribution in [1.82, 2.24) is 4.90 Å². The van der Waals surface area contributed by atoms with Crippen molar-refractivity contribution in [2.45, 2.75) is 32.4 Å². The van der Waals surface area contributed by atoms with Crippen molar-refractivity contribution < 1.29 is 14.6 Å². The number of ether oxygens (including phenoxy) is 1. The number of amides is 1. The molecule has 2 rings (SSSR count). The van der Waals surface area contributed by atoms with Gasteiger partial charge in [0.2, 0.25) is 5.91 Å². The Labute approximate surface area is 150 Å². The summed E-state index contributed by atoms with van der Waals surface area (Å²) in [7, 11) is 3.38. The van der Waals surface area contributed by atoms with E-state index in [1.807, 2.05) is 68.4 Å². The molecule has 1 N–H and O–H groups in total. The molecule has 0 fully saturated rings. The fourth-order valence-corrected chi connectivity index (χ4v) is 2.93. The van der Waals surface area contributed by atoms with Gasteiger partial charge in [-0.15, -0.1) is 0 Å². The molecule has 0 radical (unpaired) electrons. The molecule has 0 bridgehead atoms. The highest BCUT2D eigenvalue weighted by molar-refractivity contribution is 5.79. The molecule has 0 spiro atoms. The number of aliphatic hydroxyl groups is 1. The van der Waals surface area contributed by atoms with Crippen molar-refractivity contribution in [3.05, 3.63) is 65.7 Å². The molecule has 0 heterocycles. The maximum atomic E-state index is 12.8. The highest BCUT2D eigenvalue weighted by Gasteiger charge is 2.27. The molecule has 134 valence electrons. The summed E-state index contributed by atoms with van der Waals surface area (Å²) in [5.74, 6) is 0.631. The summed E-state index contributed by atoms with van der Waals surface area (Å²) in [5.41, 5.74) is 1.87. The average molecular weight is 341 g/mol. The van der Waals surface area contributed by atoms with Gasteiger partial charge >= 0.3 is 0 Å². The first-order chi connectivity index (χ1) is 11.9. The number of hydrogen-bond donors (Lipinski definition) is 1. The molecule has 0 aliphatic heterocycles. The van der Waals surface area contributed by atoms with E-state index >= 15 is 0 Å². The van der Waals surface area contributed by atoms with Crippen LogP contribution in [0.4, 0.5) is 0 Å². The first-order valence-electron chi connectivity index (χ1n) is 8.56. The SMILES string of the molecule is COc1cccc(C[C@H](C)C(=O)N(C)[C@H](C)[C@H](O)c2ccccc2)c1. The summed E-state index contributed by atoms with van der Waals surface area (Å²) >= 11 is 0. The zero-order chi connectivity index (χ0) is 18.4. The van der Waals surface area contributed by atoms with Gasteiger partial charge in [0.05, 0.1) is 19.3 Å². The maximum Gasteiger partial charge on any atom is 0.225 e. The van der Waals surface area contributed by atoms with Crippen molar-refractivity contribution in [2.75, 3.05) is 14.2 Å². The Hall–Kier alpha value is -2.33. The van der Waals surface area contributed by atoms with Gasteiger partial charge in [-0.3, -0.25) is 4.79 Å². The van der Waals surface area contributed by atoms with E-state index in [4.69, 9.17) is 4.74 Å². The molecule has 1 amide bonds. The van der Waals surface area contributed by atoms with Crippen molar-refractivity contribution in [1.29, 1.82) is 0 Å². The summed E-state index contributed by atoms with van der Waals surface area (Å²) < 4.78 is 5.23. The minimum Gasteiger partial charge on any atom is -0.497 e. The third-order valence-electron chi connectivity index (χ3n) is 4.65. The Morgan fingerprint density at radius 1 is 1.12 bits per heavy atom. The zero-order valence-electron chi connectivity index (χ0n) is 15.3. The number of aliphatic hydroxyl groups excluding tert-OH is 1. The molecule has 3 atom stereocenters. The van der Waals surface area contributed by atoms with E-state index in [-0.39, 0.29) is 17.9 Å². The lowest BCUT2D eigenvalue weighted by molar-refractivity contribution is -0.137. The minimum absolute atomic E-state index is 0.0188. The van der Waals surface area contributed by atoms with Crippen molar-refractivity contribution >= 4 is 5.91 Å². The first kappa shape index (κ1) is 19.0. The lowest BCUT2D eigenvalue weighted by Crippen LogP contribution is -2.42. The van der Waals surface area contributed by atoms with Gasteiger partial charge in [0.1, 0.15) is 5.75 Å². The first-order valence-corrected chi connectivity index (χ1v) is 8.56. The number of nitrogens with zero attached hydrogens (tertiary/aromatic N) is 1. The minimum atomic E-state index is -0.709. The lowest BCUT2D eigenvalue weighted by Gasteiger charge is -2.31. The fraction of sp³-hybridized carbons (Fsp3) is 0.381. The second-order valence-corrected chi connectivity index (χ2v) is 6.50. The smallest absolute Gasteiger partial charge is 0.225 e. The predicted octanol–water partition coefficient (Wildman–Crippen LogP) is 3.45. The molecule has 0 saturated heterocycles. The number of methoxy groups -OCH3 is 1. The summed E-state index contributed by atoms with van der Waals surface area (Å²) in [6.07, 6.45) is -0.0756. The van der Waals surface area contributed by atoms with Gasteiger partial charge in [-0.1, -0.05) is 49.4 Å². The predicted molar refractivity (Wildman–Crippen MR) is 99.5 cm³/mol. The van der Waals surface area contributed by atoms with Crippen LogP contribution in [0.1, 0.15) is 31.1 Å². The van der Waals surface area contributed by atoms with Gasteiger partial charge in [-0.25, -0.2) is 0 Å². The quantitative estimate of drug-likeness (QED) is 0.839. The number of rotatable bonds is 7. The van der Waals surface area contributed by atoms with E-state index in [0.29, 0.717) is 6.42 Å². The number of likely N-dealkylation sites (N-methyl/N-ethyl adjacent to an activating group) is 1. The van der Waals surface area contributed by atoms with Gasteiger partial charge < -0.3 is 14.7 Å². The lowest BCUT2D eigenvalue weighted by atomic mass is 9.97. The Morgan fingerprint density at radius 2 is 1.80 bits per heavy atom. The number of hydrogen-bond acceptors (Lipinski definition) is 3. The van der Waals surface area contributed by atoms with Crippen molar-refractivity contribution in [3.63, 3.8) is 0 Å². The van der Waals surface area contributed by atoms with Gasteiger partial charge in [-0.2, -0.15) is 0 Å². The summed E-state index contributed by atoms with van der Waals surface area (Å²) in [4.78, 5) is 14.4. The van der Waals surface area contributed by atoms with E-state index < -0.39 is 6.10 Å². The second-order valence-electron chi connectivity index (χ2n) is 6.50. The molecular weight excluding hydrogens is 314 g/mol. The molecule has 4 nitrogen and oxygen atoms in total. The van der Waals surface area contributed by atoms with Gasteiger partial charge in [-0.05, 0) is 36.6 Å². The summed E-state index contributed by atoms with van der Waals surface area (Å²) in [5, 5.41) is 10.5. The summed E-state index contributed by atoms with van der Waals surface area (Å²) in [6, 6.07) is 16.9. The van der Waals surface area contributed by atoms with E-state index in [1.54, 1.807) is 19.1 Å². The van der Waals surface area contributed by atoms with Gasteiger partial charge in [0, 0.05) is 13.0 Å². The van der Waals surface area contributed by atoms with Crippen LogP contribution in [0.5, 0.6) is 5.75 Å². The average Bonchev–Trinajstić information content (AvgIpc) is 2.66. The topological polar surface area (TPSA) is 49.8 Å². The maximum absolute atomic E-state index is 12.8. The van der Waals surface area contributed by atoms with E-state index in [1.165, 1.54) is 0 Å². The van der Waals surface area contributed by atoms with E-state index in [0.717, 1.165) is 16.9 Å². The third-order valence-corrected chi connectivity index (χ3v) is 4.65. The second kappa shape index (κ2) is 8.67. The van der Waals surface area contributed by atoms with Crippen molar-refractivity contribution in [3.8, 4) is 5.75 Å². The molecule has 4 heteroatoms. The highest BCUT2D eigenvalue weighted by atomic mass is 16.5. The Bertz CT molecular complexity index is 687. The number of benzene rings is 2. The molecule has 2 aromatic carbocycles. The van der Waals surface area contributed by atoms with Crippen LogP contribution in [0.3, 0.4) is 0 Å². The highest BCUT2D eigenvalue weighted by Crippen LogP contribution is 2.22. The van der Waals surface area contributed by atoms with Crippen LogP contribution in [-0.4, -0.2) is 36.1 Å². The van der Waals surface area contributed by atoms with Crippen LogP contribution >= 0.6 is 0 Å². The molecular formula is C21H27NO3. The third kappa shape index (κ3) is 4.83. The van der Waals surface area contributed by atoms with Crippen LogP contribution < -0.4 is 4.74 Å².